The fourth-order valence-electron chi connectivity index (χ4n) is 2.05. The van der Waals surface area contributed by atoms with E-state index in [9.17, 15) is 5.11 Å². The van der Waals surface area contributed by atoms with E-state index in [0.717, 1.165) is 17.4 Å². The maximum Gasteiger partial charge on any atom is 0.0477 e. The zero-order chi connectivity index (χ0) is 9.97. The predicted molar refractivity (Wildman–Crippen MR) is 60.1 cm³/mol. The Morgan fingerprint density at radius 3 is 2.93 bits per heavy atom. The Hall–Kier alpha value is -0.380. The zero-order valence-corrected chi connectivity index (χ0v) is 9.50. The molecule has 1 aromatic rings. The smallest absolute Gasteiger partial charge is 0.0477 e. The molecule has 1 aliphatic rings. The topological polar surface area (TPSA) is 32.3 Å². The van der Waals surface area contributed by atoms with Gasteiger partial charge in [0.15, 0.2) is 0 Å². The van der Waals surface area contributed by atoms with E-state index in [4.69, 9.17) is 0 Å². The lowest BCUT2D eigenvalue weighted by Crippen LogP contribution is -2.20. The minimum absolute atomic E-state index is 0.263. The predicted octanol–water partition coefficient (Wildman–Crippen LogP) is 2.09. The third-order valence-corrected chi connectivity index (χ3v) is 3.55. The summed E-state index contributed by atoms with van der Waals surface area (Å²) in [5.74, 6) is 0.355. The summed E-state index contributed by atoms with van der Waals surface area (Å²) < 4.78 is 1.12. The molecule has 2 rings (SSSR count). The average molecular weight is 256 g/mol. The maximum absolute atomic E-state index is 9.23. The van der Waals surface area contributed by atoms with Crippen LogP contribution in [0.3, 0.4) is 0 Å². The van der Waals surface area contributed by atoms with Gasteiger partial charge in [-0.2, -0.15) is 0 Å². The molecule has 0 spiro atoms. The van der Waals surface area contributed by atoms with E-state index < -0.39 is 0 Å². The molecule has 14 heavy (non-hydrogen) atoms. The molecule has 2 atom stereocenters. The van der Waals surface area contributed by atoms with Crippen molar-refractivity contribution in [2.45, 2.75) is 12.5 Å². The number of nitrogens with one attached hydrogen (secondary N) is 1. The highest BCUT2D eigenvalue weighted by Crippen LogP contribution is 2.33. The van der Waals surface area contributed by atoms with Crippen LogP contribution in [0.5, 0.6) is 0 Å². The summed E-state index contributed by atoms with van der Waals surface area (Å²) in [5, 5.41) is 12.7. The number of aliphatic hydroxyl groups excluding tert-OH is 1. The van der Waals surface area contributed by atoms with Crippen molar-refractivity contribution in [1.82, 2.24) is 5.32 Å². The molecule has 0 bridgehead atoms. The summed E-state index contributed by atoms with van der Waals surface area (Å²) in [5.41, 5.74) is 1.25. The van der Waals surface area contributed by atoms with Gasteiger partial charge in [-0.15, -0.1) is 0 Å². The van der Waals surface area contributed by atoms with Crippen LogP contribution in [-0.2, 0) is 0 Å². The number of hydrogen-bond acceptors (Lipinski definition) is 2. The quantitative estimate of drug-likeness (QED) is 0.849. The van der Waals surface area contributed by atoms with Gasteiger partial charge in [-0.05, 0) is 24.6 Å². The van der Waals surface area contributed by atoms with E-state index >= 15 is 0 Å². The summed E-state index contributed by atoms with van der Waals surface area (Å²) in [6, 6.07) is 8.50. The van der Waals surface area contributed by atoms with Gasteiger partial charge in [-0.25, -0.2) is 0 Å². The van der Waals surface area contributed by atoms with Crippen LogP contribution >= 0.6 is 15.9 Å². The largest absolute Gasteiger partial charge is 0.396 e. The van der Waals surface area contributed by atoms with E-state index in [1.54, 1.807) is 0 Å². The van der Waals surface area contributed by atoms with Crippen LogP contribution in [0.2, 0.25) is 0 Å². The number of hydrogen-bond donors (Lipinski definition) is 2. The number of halogens is 1. The van der Waals surface area contributed by atoms with Gasteiger partial charge in [0.05, 0.1) is 0 Å². The lowest BCUT2D eigenvalue weighted by molar-refractivity contribution is 0.214. The van der Waals surface area contributed by atoms with Crippen LogP contribution in [0.15, 0.2) is 28.7 Å². The Morgan fingerprint density at radius 2 is 2.21 bits per heavy atom. The van der Waals surface area contributed by atoms with Crippen molar-refractivity contribution < 1.29 is 5.11 Å². The van der Waals surface area contributed by atoms with Crippen LogP contribution < -0.4 is 5.32 Å². The van der Waals surface area contributed by atoms with Gasteiger partial charge in [0.2, 0.25) is 0 Å². The molecule has 1 fully saturated rings. The van der Waals surface area contributed by atoms with Crippen molar-refractivity contribution in [3.8, 4) is 0 Å². The first-order chi connectivity index (χ1) is 6.83. The maximum atomic E-state index is 9.23. The molecule has 0 radical (unpaired) electrons. The van der Waals surface area contributed by atoms with Crippen LogP contribution in [-0.4, -0.2) is 18.3 Å². The van der Waals surface area contributed by atoms with E-state index in [0.29, 0.717) is 12.0 Å². The molecular weight excluding hydrogens is 242 g/mol. The molecule has 0 amide bonds. The highest BCUT2D eigenvalue weighted by Gasteiger charge is 2.28. The summed E-state index contributed by atoms with van der Waals surface area (Å²) >= 11 is 3.54. The molecule has 2 N–H and O–H groups in total. The van der Waals surface area contributed by atoms with Gasteiger partial charge in [-0.1, -0.05) is 34.1 Å². The first kappa shape index (κ1) is 10.1. The van der Waals surface area contributed by atoms with E-state index in [1.807, 2.05) is 18.2 Å². The fourth-order valence-corrected chi connectivity index (χ4v) is 2.58. The molecular formula is C11H14BrNO. The third-order valence-electron chi connectivity index (χ3n) is 2.83. The van der Waals surface area contributed by atoms with E-state index in [1.165, 1.54) is 5.56 Å². The fraction of sp³-hybridized carbons (Fsp3) is 0.455. The molecule has 1 saturated heterocycles. The Balaban J connectivity index is 2.26. The number of benzene rings is 1. The lowest BCUT2D eigenvalue weighted by Gasteiger charge is -2.19. The summed E-state index contributed by atoms with van der Waals surface area (Å²) in [6.45, 7) is 1.26. The van der Waals surface area contributed by atoms with Gasteiger partial charge in [0, 0.05) is 23.0 Å². The Kier molecular flexibility index (Phi) is 3.21. The molecule has 76 valence electrons. The summed E-state index contributed by atoms with van der Waals surface area (Å²) in [4.78, 5) is 0. The van der Waals surface area contributed by atoms with Gasteiger partial charge in [-0.3, -0.25) is 0 Å². The minimum atomic E-state index is 0.263. The SMILES string of the molecule is OCC1CCNC1c1ccccc1Br. The Labute approximate surface area is 92.5 Å². The van der Waals surface area contributed by atoms with E-state index in [2.05, 4.69) is 27.3 Å². The standard InChI is InChI=1S/C11H14BrNO/c12-10-4-2-1-3-9(10)11-8(7-14)5-6-13-11/h1-4,8,11,13-14H,5-7H2. The third kappa shape index (κ3) is 1.85. The van der Waals surface area contributed by atoms with Crippen molar-refractivity contribution in [1.29, 1.82) is 0 Å². The monoisotopic (exact) mass is 255 g/mol. The second-order valence-corrected chi connectivity index (χ2v) is 4.54. The van der Waals surface area contributed by atoms with Crippen molar-refractivity contribution in [3.05, 3.63) is 34.3 Å². The zero-order valence-electron chi connectivity index (χ0n) is 7.91. The molecule has 2 unspecified atom stereocenters. The molecule has 1 aromatic carbocycles. The van der Waals surface area contributed by atoms with Crippen LogP contribution in [0.4, 0.5) is 0 Å². The van der Waals surface area contributed by atoms with Crippen molar-refractivity contribution in [3.63, 3.8) is 0 Å². The lowest BCUT2D eigenvalue weighted by atomic mass is 9.95. The van der Waals surface area contributed by atoms with E-state index in [-0.39, 0.29) is 6.61 Å². The summed E-state index contributed by atoms with van der Waals surface area (Å²) in [6.07, 6.45) is 1.06. The Bertz CT molecular complexity index is 316. The van der Waals surface area contributed by atoms with Gasteiger partial charge in [0.1, 0.15) is 0 Å². The summed E-state index contributed by atoms with van der Waals surface area (Å²) in [7, 11) is 0. The average Bonchev–Trinajstić information content (AvgIpc) is 2.66. The van der Waals surface area contributed by atoms with Gasteiger partial charge < -0.3 is 10.4 Å². The number of aliphatic hydroxyl groups is 1. The van der Waals surface area contributed by atoms with Crippen LogP contribution in [0.25, 0.3) is 0 Å². The van der Waals surface area contributed by atoms with Crippen LogP contribution in [0, 0.1) is 5.92 Å². The number of rotatable bonds is 2. The molecule has 2 nitrogen and oxygen atoms in total. The molecule has 0 aromatic heterocycles. The van der Waals surface area contributed by atoms with Crippen molar-refractivity contribution in [2.75, 3.05) is 13.2 Å². The first-order valence-corrected chi connectivity index (χ1v) is 5.71. The second-order valence-electron chi connectivity index (χ2n) is 3.68. The molecule has 3 heteroatoms. The molecule has 1 heterocycles. The molecule has 0 aliphatic carbocycles. The Morgan fingerprint density at radius 1 is 1.43 bits per heavy atom. The van der Waals surface area contributed by atoms with Gasteiger partial charge >= 0.3 is 0 Å². The van der Waals surface area contributed by atoms with Crippen molar-refractivity contribution in [2.24, 2.45) is 5.92 Å². The highest BCUT2D eigenvalue weighted by atomic mass is 79.9. The van der Waals surface area contributed by atoms with Crippen LogP contribution in [0.1, 0.15) is 18.0 Å². The molecule has 0 saturated carbocycles. The van der Waals surface area contributed by atoms with Gasteiger partial charge in [0.25, 0.3) is 0 Å². The molecule has 1 aliphatic heterocycles. The highest BCUT2D eigenvalue weighted by molar-refractivity contribution is 9.10. The van der Waals surface area contributed by atoms with Crippen molar-refractivity contribution >= 4 is 15.9 Å². The first-order valence-electron chi connectivity index (χ1n) is 4.91. The second kappa shape index (κ2) is 4.43. The minimum Gasteiger partial charge on any atom is -0.396 e. The normalized spacial score (nSPS) is 26.7.